The summed E-state index contributed by atoms with van der Waals surface area (Å²) >= 11 is 3.29. The number of anilines is 2. The van der Waals surface area contributed by atoms with Crippen LogP contribution in [0.25, 0.3) is 0 Å². The Labute approximate surface area is 138 Å². The first-order chi connectivity index (χ1) is 10.8. The second kappa shape index (κ2) is 7.80. The molecule has 3 rings (SSSR count). The molecule has 1 N–H and O–H groups in total. The first-order valence-corrected chi connectivity index (χ1v) is 9.12. The summed E-state index contributed by atoms with van der Waals surface area (Å²) in [5.41, 5.74) is 0.976. The Morgan fingerprint density at radius 2 is 2.18 bits per heavy atom. The van der Waals surface area contributed by atoms with Gasteiger partial charge in [-0.15, -0.1) is 10.2 Å². The van der Waals surface area contributed by atoms with Crippen LogP contribution in [0.5, 0.6) is 5.75 Å². The second-order valence-electron chi connectivity index (χ2n) is 5.03. The van der Waals surface area contributed by atoms with Gasteiger partial charge in [-0.1, -0.05) is 23.1 Å². The lowest BCUT2D eigenvalue weighted by Gasteiger charge is -2.21. The lowest BCUT2D eigenvalue weighted by atomic mass is 10.1. The summed E-state index contributed by atoms with van der Waals surface area (Å²) in [4.78, 5) is 0. The maximum absolute atomic E-state index is 5.73. The number of benzene rings is 1. The Bertz CT molecular complexity index is 583. The average molecular weight is 337 g/mol. The topological polar surface area (TPSA) is 56.3 Å². The smallest absolute Gasteiger partial charge is 0.210 e. The minimum atomic E-state index is 0.362. The second-order valence-corrected chi connectivity index (χ2v) is 7.27. The molecule has 0 radical (unpaired) electrons. The van der Waals surface area contributed by atoms with Crippen LogP contribution in [0.3, 0.4) is 0 Å². The summed E-state index contributed by atoms with van der Waals surface area (Å²) < 4.78 is 11.9. The molecule has 1 aromatic heterocycles. The van der Waals surface area contributed by atoms with Crippen LogP contribution < -0.4 is 10.1 Å². The van der Waals surface area contributed by atoms with Crippen molar-refractivity contribution in [3.63, 3.8) is 0 Å². The van der Waals surface area contributed by atoms with Gasteiger partial charge in [0.05, 0.1) is 13.2 Å². The molecule has 0 unspecified atom stereocenters. The number of rotatable bonds is 6. The van der Waals surface area contributed by atoms with E-state index in [9.17, 15) is 0 Å². The molecule has 0 spiro atoms. The van der Waals surface area contributed by atoms with Crippen molar-refractivity contribution in [2.75, 3.05) is 24.8 Å². The first-order valence-electron chi connectivity index (χ1n) is 7.32. The SMILES string of the molecule is COc1ccc(Nc2nnc(SC[C@@H]3CCCCO3)s2)cc1. The summed E-state index contributed by atoms with van der Waals surface area (Å²) in [5, 5.41) is 12.5. The largest absolute Gasteiger partial charge is 0.497 e. The lowest BCUT2D eigenvalue weighted by molar-refractivity contribution is 0.0315. The van der Waals surface area contributed by atoms with Crippen molar-refractivity contribution in [1.29, 1.82) is 0 Å². The third-order valence-corrected chi connectivity index (χ3v) is 5.52. The maximum atomic E-state index is 5.73. The molecular formula is C15H19N3O2S2. The van der Waals surface area contributed by atoms with Crippen molar-refractivity contribution in [3.05, 3.63) is 24.3 Å². The van der Waals surface area contributed by atoms with E-state index in [1.165, 1.54) is 12.8 Å². The van der Waals surface area contributed by atoms with Crippen molar-refractivity contribution in [2.24, 2.45) is 0 Å². The minimum Gasteiger partial charge on any atom is -0.497 e. The Kier molecular flexibility index (Phi) is 5.53. The molecule has 1 aliphatic rings. The van der Waals surface area contributed by atoms with Crippen molar-refractivity contribution < 1.29 is 9.47 Å². The molecule has 1 aliphatic heterocycles. The van der Waals surface area contributed by atoms with E-state index >= 15 is 0 Å². The van der Waals surface area contributed by atoms with Crippen LogP contribution in [0.2, 0.25) is 0 Å². The number of hydrogen-bond acceptors (Lipinski definition) is 7. The quantitative estimate of drug-likeness (QED) is 0.806. The highest BCUT2D eigenvalue weighted by Gasteiger charge is 2.15. The lowest BCUT2D eigenvalue weighted by Crippen LogP contribution is -2.21. The van der Waals surface area contributed by atoms with Gasteiger partial charge in [-0.25, -0.2) is 0 Å². The summed E-state index contributed by atoms with van der Waals surface area (Å²) in [5.74, 6) is 1.79. The van der Waals surface area contributed by atoms with Gasteiger partial charge in [-0.3, -0.25) is 0 Å². The molecule has 118 valence electrons. The first kappa shape index (κ1) is 15.6. The number of thioether (sulfide) groups is 1. The molecule has 2 aromatic rings. The Morgan fingerprint density at radius 3 is 2.91 bits per heavy atom. The van der Waals surface area contributed by atoms with Crippen LogP contribution in [-0.4, -0.2) is 35.8 Å². The van der Waals surface area contributed by atoms with E-state index in [0.717, 1.165) is 39.7 Å². The number of ether oxygens (including phenoxy) is 2. The van der Waals surface area contributed by atoms with Crippen molar-refractivity contribution >= 4 is 33.9 Å². The standard InChI is InChI=1S/C15H19N3O2S2/c1-19-12-7-5-11(6-8-12)16-14-17-18-15(22-14)21-10-13-4-2-3-9-20-13/h5-8,13H,2-4,9-10H2,1H3,(H,16,17)/t13-/m0/s1. The number of nitrogens with one attached hydrogen (secondary N) is 1. The van der Waals surface area contributed by atoms with Gasteiger partial charge < -0.3 is 14.8 Å². The number of nitrogens with zero attached hydrogens (tertiary/aromatic N) is 2. The van der Waals surface area contributed by atoms with E-state index in [2.05, 4.69) is 15.5 Å². The molecular weight excluding hydrogens is 318 g/mol. The molecule has 5 nitrogen and oxygen atoms in total. The molecule has 0 saturated carbocycles. The third-order valence-electron chi connectivity index (χ3n) is 3.41. The molecule has 1 saturated heterocycles. The van der Waals surface area contributed by atoms with Gasteiger partial charge in [0, 0.05) is 18.0 Å². The number of hydrogen-bond donors (Lipinski definition) is 1. The predicted molar refractivity (Wildman–Crippen MR) is 90.5 cm³/mol. The van der Waals surface area contributed by atoms with E-state index in [1.807, 2.05) is 24.3 Å². The molecule has 0 amide bonds. The maximum Gasteiger partial charge on any atom is 0.210 e. The van der Waals surface area contributed by atoms with Crippen molar-refractivity contribution in [2.45, 2.75) is 29.7 Å². The zero-order valence-electron chi connectivity index (χ0n) is 12.4. The fourth-order valence-corrected chi connectivity index (χ4v) is 4.08. The van der Waals surface area contributed by atoms with Crippen LogP contribution >= 0.6 is 23.1 Å². The summed E-state index contributed by atoms with van der Waals surface area (Å²) in [7, 11) is 1.66. The van der Waals surface area contributed by atoms with Gasteiger partial charge in [0.1, 0.15) is 5.75 Å². The molecule has 1 atom stereocenters. The van der Waals surface area contributed by atoms with E-state index in [-0.39, 0.29) is 0 Å². The fourth-order valence-electron chi connectivity index (χ4n) is 2.22. The van der Waals surface area contributed by atoms with Gasteiger partial charge in [0.25, 0.3) is 0 Å². The average Bonchev–Trinajstić information content (AvgIpc) is 3.02. The highest BCUT2D eigenvalue weighted by molar-refractivity contribution is 8.01. The van der Waals surface area contributed by atoms with Gasteiger partial charge in [-0.05, 0) is 43.5 Å². The van der Waals surface area contributed by atoms with Crippen molar-refractivity contribution in [1.82, 2.24) is 10.2 Å². The van der Waals surface area contributed by atoms with Gasteiger partial charge in [0.15, 0.2) is 4.34 Å². The molecule has 1 fully saturated rings. The van der Waals surface area contributed by atoms with Gasteiger partial charge in [0.2, 0.25) is 5.13 Å². The molecule has 2 heterocycles. The van der Waals surface area contributed by atoms with Crippen LogP contribution in [0.15, 0.2) is 28.6 Å². The summed E-state index contributed by atoms with van der Waals surface area (Å²) in [6, 6.07) is 7.75. The highest BCUT2D eigenvalue weighted by Crippen LogP contribution is 2.30. The van der Waals surface area contributed by atoms with Crippen molar-refractivity contribution in [3.8, 4) is 5.75 Å². The normalized spacial score (nSPS) is 18.1. The van der Waals surface area contributed by atoms with E-state index in [0.29, 0.717) is 6.10 Å². The highest BCUT2D eigenvalue weighted by atomic mass is 32.2. The minimum absolute atomic E-state index is 0.362. The Hall–Kier alpha value is -1.31. The molecule has 22 heavy (non-hydrogen) atoms. The number of methoxy groups -OCH3 is 1. The van der Waals surface area contributed by atoms with Crippen LogP contribution in [0.1, 0.15) is 19.3 Å². The predicted octanol–water partition coefficient (Wildman–Crippen LogP) is 3.95. The zero-order valence-corrected chi connectivity index (χ0v) is 14.1. The summed E-state index contributed by atoms with van der Waals surface area (Å²) in [6.07, 6.45) is 3.98. The van der Waals surface area contributed by atoms with Crippen LogP contribution in [0.4, 0.5) is 10.8 Å². The molecule has 1 aromatic carbocycles. The molecule has 0 aliphatic carbocycles. The number of aromatic nitrogens is 2. The van der Waals surface area contributed by atoms with E-state index < -0.39 is 0 Å². The summed E-state index contributed by atoms with van der Waals surface area (Å²) in [6.45, 7) is 0.894. The fraction of sp³-hybridized carbons (Fsp3) is 0.467. The Balaban J connectivity index is 1.51. The third kappa shape index (κ3) is 4.34. The van der Waals surface area contributed by atoms with E-state index in [4.69, 9.17) is 9.47 Å². The molecule has 7 heteroatoms. The zero-order chi connectivity index (χ0) is 15.2. The van der Waals surface area contributed by atoms with Gasteiger partial charge in [-0.2, -0.15) is 0 Å². The monoisotopic (exact) mass is 337 g/mol. The molecule has 0 bridgehead atoms. The Morgan fingerprint density at radius 1 is 1.32 bits per heavy atom. The van der Waals surface area contributed by atoms with E-state index in [1.54, 1.807) is 30.2 Å². The van der Waals surface area contributed by atoms with Gasteiger partial charge >= 0.3 is 0 Å². The van der Waals surface area contributed by atoms with Crippen LogP contribution in [-0.2, 0) is 4.74 Å². The van der Waals surface area contributed by atoms with Crippen LogP contribution in [0, 0.1) is 0 Å².